The predicted molar refractivity (Wildman–Crippen MR) is 111 cm³/mol. The molecular weight excluding hydrogens is 370 g/mol. The molecule has 4 aromatic rings. The molecule has 0 unspecified atom stereocenters. The summed E-state index contributed by atoms with van der Waals surface area (Å²) in [5, 5.41) is 13.7. The monoisotopic (exact) mass is 389 g/mol. The van der Waals surface area contributed by atoms with Gasteiger partial charge in [-0.15, -0.1) is 0 Å². The molecule has 0 bridgehead atoms. The van der Waals surface area contributed by atoms with Crippen LogP contribution in [-0.2, 0) is 5.60 Å². The van der Waals surface area contributed by atoms with E-state index in [0.29, 0.717) is 11.1 Å². The van der Waals surface area contributed by atoms with Gasteiger partial charge in [-0.1, -0.05) is 54.6 Å². The van der Waals surface area contributed by atoms with Crippen molar-refractivity contribution in [2.75, 3.05) is 6.54 Å². The first-order valence-corrected chi connectivity index (χ1v) is 9.65. The number of aromatic nitrogens is 2. The summed E-state index contributed by atoms with van der Waals surface area (Å²) in [7, 11) is 0. The third-order valence-electron chi connectivity index (χ3n) is 4.72. The molecule has 0 saturated carbocycles. The van der Waals surface area contributed by atoms with Crippen LogP contribution >= 0.6 is 11.7 Å². The van der Waals surface area contributed by atoms with E-state index < -0.39 is 5.60 Å². The highest BCUT2D eigenvalue weighted by molar-refractivity contribution is 7.00. The number of nitrogens with one attached hydrogen (secondary N) is 1. The third kappa shape index (κ3) is 3.78. The first kappa shape index (κ1) is 18.3. The topological polar surface area (TPSA) is 75.1 Å². The van der Waals surface area contributed by atoms with Crippen molar-refractivity contribution < 1.29 is 9.90 Å². The molecule has 0 aliphatic rings. The summed E-state index contributed by atoms with van der Waals surface area (Å²) < 4.78 is 8.28. The fourth-order valence-corrected chi connectivity index (χ4v) is 3.55. The highest BCUT2D eigenvalue weighted by atomic mass is 32.1. The minimum absolute atomic E-state index is 0.101. The van der Waals surface area contributed by atoms with Crippen LogP contribution in [-0.4, -0.2) is 26.3 Å². The van der Waals surface area contributed by atoms with Crippen molar-refractivity contribution in [2.45, 2.75) is 12.5 Å². The fraction of sp³-hybridized carbons (Fsp3) is 0.136. The maximum Gasteiger partial charge on any atom is 0.251 e. The van der Waals surface area contributed by atoms with Gasteiger partial charge in [-0.3, -0.25) is 4.79 Å². The van der Waals surface area contributed by atoms with Gasteiger partial charge < -0.3 is 10.4 Å². The van der Waals surface area contributed by atoms with E-state index in [-0.39, 0.29) is 12.5 Å². The standard InChI is InChI=1S/C22H19N3O2S/c1-22(27,18-10-7-16(8-11-18)15-5-3-2-4-6-15)14-23-21(26)17-9-12-19-20(13-17)25-28-24-19/h2-13,27H,14H2,1H3,(H,23,26)/t22-/m0/s1. The summed E-state index contributed by atoms with van der Waals surface area (Å²) in [6.07, 6.45) is 0. The summed E-state index contributed by atoms with van der Waals surface area (Å²) in [5.74, 6) is -0.254. The molecule has 1 heterocycles. The summed E-state index contributed by atoms with van der Waals surface area (Å²) in [6.45, 7) is 1.79. The van der Waals surface area contributed by atoms with Gasteiger partial charge in [0, 0.05) is 5.56 Å². The van der Waals surface area contributed by atoms with Gasteiger partial charge in [0.2, 0.25) is 0 Å². The van der Waals surface area contributed by atoms with E-state index in [9.17, 15) is 9.90 Å². The van der Waals surface area contributed by atoms with E-state index in [2.05, 4.69) is 14.1 Å². The first-order chi connectivity index (χ1) is 13.5. The number of hydrogen-bond donors (Lipinski definition) is 2. The van der Waals surface area contributed by atoms with Crippen LogP contribution in [0.5, 0.6) is 0 Å². The Hall–Kier alpha value is -3.09. The zero-order chi connectivity index (χ0) is 19.6. The van der Waals surface area contributed by atoms with Crippen molar-refractivity contribution in [2.24, 2.45) is 0 Å². The molecule has 4 rings (SSSR count). The second kappa shape index (κ2) is 7.50. The van der Waals surface area contributed by atoms with E-state index in [1.54, 1.807) is 25.1 Å². The quantitative estimate of drug-likeness (QED) is 0.541. The van der Waals surface area contributed by atoms with E-state index >= 15 is 0 Å². The summed E-state index contributed by atoms with van der Waals surface area (Å²) in [4.78, 5) is 12.5. The fourth-order valence-electron chi connectivity index (χ4n) is 3.03. The zero-order valence-electron chi connectivity index (χ0n) is 15.3. The lowest BCUT2D eigenvalue weighted by atomic mass is 9.93. The number of carbonyl (C=O) groups excluding carboxylic acids is 1. The molecule has 2 N–H and O–H groups in total. The SMILES string of the molecule is C[C@](O)(CNC(=O)c1ccc2nsnc2c1)c1ccc(-c2ccccc2)cc1. The number of fused-ring (bicyclic) bond motifs is 1. The Morgan fingerprint density at radius 2 is 1.64 bits per heavy atom. The van der Waals surface area contributed by atoms with Crippen LogP contribution in [0, 0.1) is 0 Å². The van der Waals surface area contributed by atoms with Gasteiger partial charge >= 0.3 is 0 Å². The highest BCUT2D eigenvalue weighted by Gasteiger charge is 2.24. The van der Waals surface area contributed by atoms with Gasteiger partial charge in [0.05, 0.1) is 18.3 Å². The Kier molecular flexibility index (Phi) is 4.90. The Morgan fingerprint density at radius 1 is 0.964 bits per heavy atom. The first-order valence-electron chi connectivity index (χ1n) is 8.92. The van der Waals surface area contributed by atoms with Crippen LogP contribution in [0.15, 0.2) is 72.8 Å². The average Bonchev–Trinajstić information content (AvgIpc) is 3.21. The van der Waals surface area contributed by atoms with Gasteiger partial charge in [-0.05, 0) is 41.8 Å². The number of rotatable bonds is 5. The van der Waals surface area contributed by atoms with Crippen molar-refractivity contribution in [3.63, 3.8) is 0 Å². The van der Waals surface area contributed by atoms with Crippen LogP contribution in [0.4, 0.5) is 0 Å². The molecule has 0 aliphatic heterocycles. The third-order valence-corrected chi connectivity index (χ3v) is 5.28. The van der Waals surface area contributed by atoms with Crippen molar-refractivity contribution in [3.8, 4) is 11.1 Å². The normalized spacial score (nSPS) is 13.2. The second-order valence-electron chi connectivity index (χ2n) is 6.87. The van der Waals surface area contributed by atoms with Gasteiger partial charge in [0.1, 0.15) is 16.6 Å². The van der Waals surface area contributed by atoms with E-state index in [0.717, 1.165) is 33.9 Å². The molecule has 140 valence electrons. The van der Waals surface area contributed by atoms with Crippen LogP contribution in [0.1, 0.15) is 22.8 Å². The molecule has 0 fully saturated rings. The van der Waals surface area contributed by atoms with Crippen molar-refractivity contribution >= 4 is 28.7 Å². The smallest absolute Gasteiger partial charge is 0.251 e. The number of benzene rings is 3. The van der Waals surface area contributed by atoms with Gasteiger partial charge in [0.25, 0.3) is 5.91 Å². The Morgan fingerprint density at radius 3 is 2.39 bits per heavy atom. The number of hydrogen-bond acceptors (Lipinski definition) is 5. The van der Waals surface area contributed by atoms with E-state index in [1.807, 2.05) is 54.6 Å². The summed E-state index contributed by atoms with van der Waals surface area (Å²) in [6, 6.07) is 23.0. The summed E-state index contributed by atoms with van der Waals surface area (Å²) >= 11 is 1.12. The summed E-state index contributed by atoms with van der Waals surface area (Å²) in [5.41, 5.74) is 3.72. The van der Waals surface area contributed by atoms with Crippen molar-refractivity contribution in [1.82, 2.24) is 14.1 Å². The maximum absolute atomic E-state index is 12.5. The molecule has 1 aromatic heterocycles. The maximum atomic E-state index is 12.5. The molecule has 0 spiro atoms. The van der Waals surface area contributed by atoms with Crippen LogP contribution < -0.4 is 5.32 Å². The van der Waals surface area contributed by atoms with Gasteiger partial charge in [-0.2, -0.15) is 8.75 Å². The Balaban J connectivity index is 1.45. The number of amides is 1. The van der Waals surface area contributed by atoms with Gasteiger partial charge in [-0.25, -0.2) is 0 Å². The van der Waals surface area contributed by atoms with Crippen LogP contribution in [0.25, 0.3) is 22.2 Å². The molecule has 1 amide bonds. The van der Waals surface area contributed by atoms with Gasteiger partial charge in [0.15, 0.2) is 0 Å². The zero-order valence-corrected chi connectivity index (χ0v) is 16.1. The minimum atomic E-state index is -1.18. The lowest BCUT2D eigenvalue weighted by Crippen LogP contribution is -2.38. The van der Waals surface area contributed by atoms with E-state index in [4.69, 9.17) is 0 Å². The van der Waals surface area contributed by atoms with Crippen LogP contribution in [0.2, 0.25) is 0 Å². The Labute approximate surface area is 167 Å². The number of aliphatic hydroxyl groups is 1. The largest absolute Gasteiger partial charge is 0.384 e. The molecule has 3 aromatic carbocycles. The van der Waals surface area contributed by atoms with Crippen LogP contribution in [0.3, 0.4) is 0 Å². The lowest BCUT2D eigenvalue weighted by molar-refractivity contribution is 0.0526. The minimum Gasteiger partial charge on any atom is -0.384 e. The second-order valence-corrected chi connectivity index (χ2v) is 7.40. The highest BCUT2D eigenvalue weighted by Crippen LogP contribution is 2.25. The van der Waals surface area contributed by atoms with E-state index in [1.165, 1.54) is 0 Å². The molecule has 0 saturated heterocycles. The average molecular weight is 389 g/mol. The van der Waals surface area contributed by atoms with Crippen molar-refractivity contribution in [1.29, 1.82) is 0 Å². The molecule has 6 heteroatoms. The molecule has 0 aliphatic carbocycles. The molecular formula is C22H19N3O2S. The predicted octanol–water partition coefficient (Wildman–Crippen LogP) is 4.00. The molecule has 0 radical (unpaired) electrons. The molecule has 1 atom stereocenters. The lowest BCUT2D eigenvalue weighted by Gasteiger charge is -2.24. The molecule has 5 nitrogen and oxygen atoms in total. The molecule has 28 heavy (non-hydrogen) atoms. The van der Waals surface area contributed by atoms with Crippen molar-refractivity contribution in [3.05, 3.63) is 83.9 Å². The number of carbonyl (C=O) groups is 1. The number of nitrogens with zero attached hydrogens (tertiary/aromatic N) is 2. The Bertz CT molecular complexity index is 1110.